The Bertz CT molecular complexity index is 738. The minimum atomic E-state index is -0.0652. The van der Waals surface area contributed by atoms with E-state index >= 15 is 0 Å². The van der Waals surface area contributed by atoms with Crippen LogP contribution in [0.3, 0.4) is 0 Å². The zero-order valence-electron chi connectivity index (χ0n) is 12.0. The standard InChI is InChI=1S/C18H18N2O/c1-21-16-10-7-13(8-11-16)17(19)12-15-9-6-14-4-2-3-5-18(14)20-15/h2-11,17H,12,19H2,1H3. The van der Waals surface area contributed by atoms with Gasteiger partial charge in [-0.05, 0) is 29.8 Å². The van der Waals surface area contributed by atoms with E-state index in [4.69, 9.17) is 10.5 Å². The first-order chi connectivity index (χ1) is 10.3. The molecule has 0 amide bonds. The molecule has 2 aromatic carbocycles. The fourth-order valence-electron chi connectivity index (χ4n) is 2.42. The molecule has 1 atom stereocenters. The van der Waals surface area contributed by atoms with E-state index in [1.54, 1.807) is 7.11 Å². The number of methoxy groups -OCH3 is 1. The van der Waals surface area contributed by atoms with E-state index < -0.39 is 0 Å². The van der Waals surface area contributed by atoms with Crippen molar-refractivity contribution in [1.82, 2.24) is 4.98 Å². The summed E-state index contributed by atoms with van der Waals surface area (Å²) in [5.41, 5.74) is 9.39. The molecule has 2 N–H and O–H groups in total. The molecule has 1 aromatic heterocycles. The molecular formula is C18H18N2O. The van der Waals surface area contributed by atoms with Gasteiger partial charge in [0.1, 0.15) is 5.75 Å². The summed E-state index contributed by atoms with van der Waals surface area (Å²) in [4.78, 5) is 4.67. The second kappa shape index (κ2) is 5.94. The van der Waals surface area contributed by atoms with Gasteiger partial charge < -0.3 is 10.5 Å². The largest absolute Gasteiger partial charge is 0.497 e. The molecule has 3 nitrogen and oxygen atoms in total. The SMILES string of the molecule is COc1ccc(C(N)Cc2ccc3ccccc3n2)cc1. The maximum absolute atomic E-state index is 6.28. The number of hydrogen-bond donors (Lipinski definition) is 1. The van der Waals surface area contributed by atoms with Crippen molar-refractivity contribution in [3.8, 4) is 5.75 Å². The topological polar surface area (TPSA) is 48.1 Å². The van der Waals surface area contributed by atoms with Crippen LogP contribution in [0.25, 0.3) is 10.9 Å². The number of nitrogens with two attached hydrogens (primary N) is 1. The highest BCUT2D eigenvalue weighted by atomic mass is 16.5. The predicted molar refractivity (Wildman–Crippen MR) is 85.4 cm³/mol. The maximum Gasteiger partial charge on any atom is 0.118 e. The summed E-state index contributed by atoms with van der Waals surface area (Å²) >= 11 is 0. The van der Waals surface area contributed by atoms with E-state index in [-0.39, 0.29) is 6.04 Å². The van der Waals surface area contributed by atoms with Crippen LogP contribution in [-0.2, 0) is 6.42 Å². The van der Waals surface area contributed by atoms with Crippen LogP contribution in [0.2, 0.25) is 0 Å². The summed E-state index contributed by atoms with van der Waals surface area (Å²) in [6.07, 6.45) is 0.719. The molecular weight excluding hydrogens is 260 g/mol. The summed E-state index contributed by atoms with van der Waals surface area (Å²) in [5.74, 6) is 0.842. The van der Waals surface area contributed by atoms with Crippen molar-refractivity contribution >= 4 is 10.9 Å². The molecule has 0 aliphatic rings. The molecule has 0 saturated carbocycles. The van der Waals surface area contributed by atoms with Crippen LogP contribution < -0.4 is 10.5 Å². The number of fused-ring (bicyclic) bond motifs is 1. The second-order valence-electron chi connectivity index (χ2n) is 5.08. The van der Waals surface area contributed by atoms with Gasteiger partial charge >= 0.3 is 0 Å². The lowest BCUT2D eigenvalue weighted by Crippen LogP contribution is -2.14. The molecule has 0 aliphatic heterocycles. The maximum atomic E-state index is 6.28. The molecule has 0 fully saturated rings. The molecule has 3 heteroatoms. The van der Waals surface area contributed by atoms with Crippen LogP contribution in [0.1, 0.15) is 17.3 Å². The Kier molecular flexibility index (Phi) is 3.84. The van der Waals surface area contributed by atoms with Gasteiger partial charge in [-0.3, -0.25) is 4.98 Å². The Morgan fingerprint density at radius 2 is 1.76 bits per heavy atom. The van der Waals surface area contributed by atoms with Crippen molar-refractivity contribution in [1.29, 1.82) is 0 Å². The van der Waals surface area contributed by atoms with Crippen LogP contribution >= 0.6 is 0 Å². The lowest BCUT2D eigenvalue weighted by molar-refractivity contribution is 0.414. The lowest BCUT2D eigenvalue weighted by Gasteiger charge is -2.12. The molecule has 0 radical (unpaired) electrons. The smallest absolute Gasteiger partial charge is 0.118 e. The molecule has 3 rings (SSSR count). The van der Waals surface area contributed by atoms with Crippen molar-refractivity contribution < 1.29 is 4.74 Å². The monoisotopic (exact) mass is 278 g/mol. The van der Waals surface area contributed by atoms with Crippen LogP contribution in [0.4, 0.5) is 0 Å². The van der Waals surface area contributed by atoms with Gasteiger partial charge in [0.05, 0.1) is 12.6 Å². The Hall–Kier alpha value is -2.39. The van der Waals surface area contributed by atoms with Gasteiger partial charge in [-0.25, -0.2) is 0 Å². The van der Waals surface area contributed by atoms with Gasteiger partial charge in [0.2, 0.25) is 0 Å². The van der Waals surface area contributed by atoms with Crippen LogP contribution in [0, 0.1) is 0 Å². The highest BCUT2D eigenvalue weighted by Gasteiger charge is 2.08. The van der Waals surface area contributed by atoms with Crippen molar-refractivity contribution in [2.45, 2.75) is 12.5 Å². The van der Waals surface area contributed by atoms with Crippen LogP contribution in [-0.4, -0.2) is 12.1 Å². The van der Waals surface area contributed by atoms with Gasteiger partial charge in [0.15, 0.2) is 0 Å². The Balaban J connectivity index is 1.79. The van der Waals surface area contributed by atoms with Gasteiger partial charge in [0, 0.05) is 23.5 Å². The second-order valence-corrected chi connectivity index (χ2v) is 5.08. The van der Waals surface area contributed by atoms with Crippen molar-refractivity contribution in [2.75, 3.05) is 7.11 Å². The molecule has 0 spiro atoms. The summed E-state index contributed by atoms with van der Waals surface area (Å²) < 4.78 is 5.16. The molecule has 21 heavy (non-hydrogen) atoms. The lowest BCUT2D eigenvalue weighted by atomic mass is 10.0. The van der Waals surface area contributed by atoms with E-state index in [1.807, 2.05) is 48.5 Å². The van der Waals surface area contributed by atoms with Crippen LogP contribution in [0.15, 0.2) is 60.7 Å². The quantitative estimate of drug-likeness (QED) is 0.794. The van der Waals surface area contributed by atoms with Gasteiger partial charge in [0.25, 0.3) is 0 Å². The Morgan fingerprint density at radius 3 is 2.52 bits per heavy atom. The van der Waals surface area contributed by atoms with Gasteiger partial charge in [-0.1, -0.05) is 36.4 Å². The number of rotatable bonds is 4. The highest BCUT2D eigenvalue weighted by Crippen LogP contribution is 2.20. The minimum absolute atomic E-state index is 0.0652. The molecule has 1 unspecified atom stereocenters. The van der Waals surface area contributed by atoms with E-state index in [9.17, 15) is 0 Å². The zero-order valence-corrected chi connectivity index (χ0v) is 12.0. The van der Waals surface area contributed by atoms with E-state index in [2.05, 4.69) is 17.1 Å². The number of para-hydroxylation sites is 1. The molecule has 3 aromatic rings. The summed E-state index contributed by atoms with van der Waals surface area (Å²) in [5, 5.41) is 1.15. The third-order valence-corrected chi connectivity index (χ3v) is 3.63. The van der Waals surface area contributed by atoms with Gasteiger partial charge in [-0.2, -0.15) is 0 Å². The first kappa shape index (κ1) is 13.6. The number of ether oxygens (including phenoxy) is 1. The number of benzene rings is 2. The summed E-state index contributed by atoms with van der Waals surface area (Å²) in [6, 6.07) is 20.1. The number of aromatic nitrogens is 1. The minimum Gasteiger partial charge on any atom is -0.497 e. The fourth-order valence-corrected chi connectivity index (χ4v) is 2.42. The molecule has 0 bridgehead atoms. The summed E-state index contributed by atoms with van der Waals surface area (Å²) in [6.45, 7) is 0. The zero-order chi connectivity index (χ0) is 14.7. The Labute approximate surface area is 124 Å². The normalized spacial score (nSPS) is 12.3. The van der Waals surface area contributed by atoms with Crippen molar-refractivity contribution in [3.63, 3.8) is 0 Å². The number of pyridine rings is 1. The van der Waals surface area contributed by atoms with E-state index in [0.29, 0.717) is 0 Å². The first-order valence-electron chi connectivity index (χ1n) is 7.00. The van der Waals surface area contributed by atoms with Gasteiger partial charge in [-0.15, -0.1) is 0 Å². The third-order valence-electron chi connectivity index (χ3n) is 3.63. The molecule has 1 heterocycles. The number of nitrogens with zero attached hydrogens (tertiary/aromatic N) is 1. The average Bonchev–Trinajstić information content (AvgIpc) is 2.55. The molecule has 106 valence electrons. The first-order valence-corrected chi connectivity index (χ1v) is 7.00. The summed E-state index contributed by atoms with van der Waals surface area (Å²) in [7, 11) is 1.66. The van der Waals surface area contributed by atoms with Crippen LogP contribution in [0.5, 0.6) is 5.75 Å². The van der Waals surface area contributed by atoms with E-state index in [1.165, 1.54) is 0 Å². The third kappa shape index (κ3) is 3.03. The average molecular weight is 278 g/mol. The van der Waals surface area contributed by atoms with Crippen molar-refractivity contribution in [3.05, 3.63) is 71.9 Å². The Morgan fingerprint density at radius 1 is 1.00 bits per heavy atom. The van der Waals surface area contributed by atoms with E-state index in [0.717, 1.165) is 34.3 Å². The molecule has 0 aliphatic carbocycles. The molecule has 0 saturated heterocycles. The predicted octanol–water partition coefficient (Wildman–Crippen LogP) is 3.49. The highest BCUT2D eigenvalue weighted by molar-refractivity contribution is 5.78. The number of hydrogen-bond acceptors (Lipinski definition) is 3. The fraction of sp³-hybridized carbons (Fsp3) is 0.167. The van der Waals surface area contributed by atoms with Crippen molar-refractivity contribution in [2.24, 2.45) is 5.73 Å².